The molecule has 0 bridgehead atoms. The Balaban J connectivity index is 0. The normalized spacial score (nSPS) is 8.29. The Bertz CT molecular complexity index is 281. The van der Waals surface area contributed by atoms with E-state index in [9.17, 15) is 10.0 Å². The van der Waals surface area contributed by atoms with E-state index >= 15 is 0 Å². The van der Waals surface area contributed by atoms with E-state index in [-0.39, 0.29) is 59.1 Å². The van der Waals surface area contributed by atoms with Gasteiger partial charge in [0.15, 0.2) is 0 Å². The van der Waals surface area contributed by atoms with Crippen molar-refractivity contribution in [3.8, 4) is 5.75 Å². The van der Waals surface area contributed by atoms with Gasteiger partial charge in [-0.05, 0) is 25.5 Å². The number of rotatable bonds is 2. The van der Waals surface area contributed by atoms with Crippen molar-refractivity contribution in [1.82, 2.24) is 0 Å². The third-order valence-electron chi connectivity index (χ3n) is 1.55. The summed E-state index contributed by atoms with van der Waals surface area (Å²) < 4.78 is 4.49. The predicted molar refractivity (Wildman–Crippen MR) is 42.3 cm³/mol. The predicted octanol–water partition coefficient (Wildman–Crippen LogP) is -6.60. The summed E-state index contributed by atoms with van der Waals surface area (Å²) in [6, 6.07) is 5.29. The zero-order chi connectivity index (χ0) is 9.14. The molecule has 0 radical (unpaired) electrons. The number of benzene rings is 1. The average Bonchev–Trinajstić information content (AvgIpc) is 1.94. The van der Waals surface area contributed by atoms with Crippen LogP contribution in [-0.2, 0) is 0 Å². The van der Waals surface area contributed by atoms with Gasteiger partial charge in [0.1, 0.15) is 7.32 Å². The number of hydrogen-bond acceptors (Lipinski definition) is 3. The summed E-state index contributed by atoms with van der Waals surface area (Å²) >= 11 is 0. The van der Waals surface area contributed by atoms with Crippen molar-refractivity contribution >= 4 is 7.32 Å². The Morgan fingerprint density at radius 1 is 1.14 bits per heavy atom. The fourth-order valence-electron chi connectivity index (χ4n) is 1.04. The maximum Gasteiger partial charge on any atom is 1.00 e. The molecular formula is C8H9BNa2O3. The van der Waals surface area contributed by atoms with E-state index in [1.165, 1.54) is 0 Å². The van der Waals surface area contributed by atoms with Crippen LogP contribution >= 0.6 is 0 Å². The van der Waals surface area contributed by atoms with Gasteiger partial charge >= 0.3 is 59.1 Å². The first kappa shape index (κ1) is 17.4. The van der Waals surface area contributed by atoms with E-state index in [1.807, 2.05) is 13.0 Å². The van der Waals surface area contributed by atoms with Crippen LogP contribution in [-0.4, -0.2) is 7.32 Å². The average molecular weight is 210 g/mol. The second kappa shape index (κ2) is 8.19. The van der Waals surface area contributed by atoms with Crippen molar-refractivity contribution in [1.29, 1.82) is 0 Å². The van der Waals surface area contributed by atoms with E-state index in [1.54, 1.807) is 19.1 Å². The van der Waals surface area contributed by atoms with Crippen molar-refractivity contribution in [2.75, 3.05) is 0 Å². The fourth-order valence-corrected chi connectivity index (χ4v) is 1.04. The number of aryl methyl sites for hydroxylation is 2. The quantitative estimate of drug-likeness (QED) is 0.456. The summed E-state index contributed by atoms with van der Waals surface area (Å²) in [5.41, 5.74) is 1.89. The zero-order valence-electron chi connectivity index (χ0n) is 9.03. The molecule has 0 saturated heterocycles. The van der Waals surface area contributed by atoms with Gasteiger partial charge in [0.2, 0.25) is 0 Å². The van der Waals surface area contributed by atoms with Crippen molar-refractivity contribution in [2.24, 2.45) is 0 Å². The molecule has 0 fully saturated rings. The van der Waals surface area contributed by atoms with Gasteiger partial charge in [0, 0.05) is 0 Å². The van der Waals surface area contributed by atoms with Crippen LogP contribution < -0.4 is 73.8 Å². The Kier molecular flexibility index (Phi) is 10.2. The van der Waals surface area contributed by atoms with Crippen LogP contribution in [0.3, 0.4) is 0 Å². The Morgan fingerprint density at radius 2 is 1.71 bits per heavy atom. The Labute approximate surface area is 129 Å². The van der Waals surface area contributed by atoms with Crippen molar-refractivity contribution in [3.05, 3.63) is 29.3 Å². The van der Waals surface area contributed by atoms with Gasteiger partial charge in [-0.2, -0.15) is 0 Å². The molecule has 1 aromatic rings. The monoisotopic (exact) mass is 210 g/mol. The molecule has 1 rings (SSSR count). The van der Waals surface area contributed by atoms with E-state index in [2.05, 4.69) is 4.65 Å². The van der Waals surface area contributed by atoms with Gasteiger partial charge in [0.25, 0.3) is 0 Å². The van der Waals surface area contributed by atoms with Gasteiger partial charge in [-0.15, -0.1) is 0 Å². The Hall–Kier alpha value is 1.00. The molecule has 0 aliphatic heterocycles. The molecule has 3 nitrogen and oxygen atoms in total. The van der Waals surface area contributed by atoms with Crippen LogP contribution in [0, 0.1) is 13.8 Å². The van der Waals surface area contributed by atoms with E-state index in [0.29, 0.717) is 5.75 Å². The van der Waals surface area contributed by atoms with E-state index in [0.717, 1.165) is 11.1 Å². The molecule has 6 heteroatoms. The molecular weight excluding hydrogens is 201 g/mol. The second-order valence-corrected chi connectivity index (χ2v) is 2.68. The maximum absolute atomic E-state index is 10.2. The molecule has 0 aliphatic rings. The number of hydrogen-bond donors (Lipinski definition) is 0. The molecule has 0 aliphatic carbocycles. The van der Waals surface area contributed by atoms with Crippen LogP contribution in [0.1, 0.15) is 11.1 Å². The van der Waals surface area contributed by atoms with Crippen molar-refractivity contribution in [2.45, 2.75) is 13.8 Å². The zero-order valence-corrected chi connectivity index (χ0v) is 13.0. The van der Waals surface area contributed by atoms with Gasteiger partial charge in [-0.25, -0.2) is 0 Å². The molecule has 0 aromatic heterocycles. The smallest absolute Gasteiger partial charge is 0.860 e. The summed E-state index contributed by atoms with van der Waals surface area (Å²) in [5.74, 6) is 0.371. The largest absolute Gasteiger partial charge is 1.00 e. The first-order valence-electron chi connectivity index (χ1n) is 3.65. The molecule has 0 atom stereocenters. The van der Waals surface area contributed by atoms with Gasteiger partial charge in [-0.3, -0.25) is 0 Å². The minimum Gasteiger partial charge on any atom is -0.860 e. The van der Waals surface area contributed by atoms with Crippen LogP contribution in [0.5, 0.6) is 5.75 Å². The van der Waals surface area contributed by atoms with Crippen LogP contribution in [0.4, 0.5) is 0 Å². The summed E-state index contributed by atoms with van der Waals surface area (Å²) in [5, 5.41) is 20.3. The van der Waals surface area contributed by atoms with Crippen molar-refractivity contribution < 1.29 is 73.8 Å². The summed E-state index contributed by atoms with van der Waals surface area (Å²) in [6.07, 6.45) is 0. The van der Waals surface area contributed by atoms with E-state index in [4.69, 9.17) is 0 Å². The third kappa shape index (κ3) is 5.78. The molecule has 0 amide bonds. The molecule has 0 N–H and O–H groups in total. The van der Waals surface area contributed by atoms with Gasteiger partial charge < -0.3 is 14.7 Å². The SMILES string of the molecule is Cc1ccc(OB([O-])[O-])c(C)c1.[Na+].[Na+]. The minimum absolute atomic E-state index is 0. The second-order valence-electron chi connectivity index (χ2n) is 2.68. The van der Waals surface area contributed by atoms with Crippen LogP contribution in [0.15, 0.2) is 18.2 Å². The summed E-state index contributed by atoms with van der Waals surface area (Å²) in [7, 11) is -2.24. The minimum atomic E-state index is -2.24. The topological polar surface area (TPSA) is 55.3 Å². The molecule has 0 saturated carbocycles. The standard InChI is InChI=1S/C8H9BO3.2Na/c1-6-3-4-8(7(2)5-6)12-9(10)11;;/h3-5H,1-2H3;;/q-2;2*+1. The van der Waals surface area contributed by atoms with Crippen LogP contribution in [0.25, 0.3) is 0 Å². The van der Waals surface area contributed by atoms with Crippen LogP contribution in [0.2, 0.25) is 0 Å². The molecule has 0 spiro atoms. The molecule has 14 heavy (non-hydrogen) atoms. The molecule has 1 aromatic carbocycles. The maximum atomic E-state index is 10.2. The van der Waals surface area contributed by atoms with Gasteiger partial charge in [0.05, 0.1) is 5.75 Å². The third-order valence-corrected chi connectivity index (χ3v) is 1.55. The molecule has 0 unspecified atom stereocenters. The molecule has 0 heterocycles. The fraction of sp³-hybridized carbons (Fsp3) is 0.250. The van der Waals surface area contributed by atoms with Crippen molar-refractivity contribution in [3.63, 3.8) is 0 Å². The van der Waals surface area contributed by atoms with E-state index < -0.39 is 7.32 Å². The first-order valence-corrected chi connectivity index (χ1v) is 3.65. The first-order chi connectivity index (χ1) is 5.59. The summed E-state index contributed by atoms with van der Waals surface area (Å²) in [6.45, 7) is 3.73. The van der Waals surface area contributed by atoms with Gasteiger partial charge in [-0.1, -0.05) is 17.7 Å². The summed E-state index contributed by atoms with van der Waals surface area (Å²) in [4.78, 5) is 0. The molecule has 64 valence electrons. The Morgan fingerprint density at radius 3 is 2.14 bits per heavy atom.